The standard InChI is InChI=1S/C22H29N3O2.3C2HF3O2/c1-2-20(16-24-9-1)17-25-12-7-22(8-13-25)21(6-15-27-22)5-14-26-18-19-3-10-23-11-4-19;3*3-2(4,5)1(6)7/h1-4,9-11,16,21H,5-8,12-15,17-18H2;3*(H,6,7). The molecule has 2 saturated heterocycles. The number of carboxylic acid groups (broad SMARTS) is 3. The normalized spacial score (nSPS) is 17.5. The second-order valence-electron chi connectivity index (χ2n) is 10.1. The minimum atomic E-state index is -5.08. The van der Waals surface area contributed by atoms with Crippen LogP contribution in [-0.2, 0) is 37.0 Å². The van der Waals surface area contributed by atoms with Crippen LogP contribution in [0.3, 0.4) is 0 Å². The van der Waals surface area contributed by atoms with Crippen LogP contribution in [0.5, 0.6) is 0 Å². The van der Waals surface area contributed by atoms with E-state index < -0.39 is 36.4 Å². The molecule has 4 rings (SSSR count). The number of hydrogen-bond acceptors (Lipinski definition) is 8. The van der Waals surface area contributed by atoms with E-state index in [1.54, 1.807) is 0 Å². The second-order valence-corrected chi connectivity index (χ2v) is 10.1. The molecule has 4 heterocycles. The van der Waals surface area contributed by atoms with Gasteiger partial charge in [0.2, 0.25) is 0 Å². The van der Waals surface area contributed by atoms with Crippen LogP contribution in [0.15, 0.2) is 49.1 Å². The molecule has 0 amide bonds. The number of aliphatic carboxylic acids is 3. The molecule has 1 spiro atoms. The topological polar surface area (TPSA) is 159 Å². The van der Waals surface area contributed by atoms with Gasteiger partial charge in [0.1, 0.15) is 0 Å². The third-order valence-electron chi connectivity index (χ3n) is 6.79. The molecule has 0 bridgehead atoms. The van der Waals surface area contributed by atoms with Crippen LogP contribution in [0.2, 0.25) is 0 Å². The first-order valence-corrected chi connectivity index (χ1v) is 13.8. The van der Waals surface area contributed by atoms with Gasteiger partial charge in [0.05, 0.1) is 12.2 Å². The Morgan fingerprint density at radius 3 is 1.75 bits per heavy atom. The summed E-state index contributed by atoms with van der Waals surface area (Å²) in [4.78, 5) is 37.5. The first-order chi connectivity index (χ1) is 22.2. The van der Waals surface area contributed by atoms with Crippen molar-refractivity contribution in [2.75, 3.05) is 26.3 Å². The molecule has 2 aromatic heterocycles. The molecule has 3 N–H and O–H groups in total. The van der Waals surface area contributed by atoms with E-state index in [0.29, 0.717) is 12.5 Å². The second kappa shape index (κ2) is 19.1. The number of halogens is 9. The summed E-state index contributed by atoms with van der Waals surface area (Å²) in [5.74, 6) is -7.65. The lowest BCUT2D eigenvalue weighted by Gasteiger charge is -2.42. The Morgan fingerprint density at radius 1 is 0.812 bits per heavy atom. The Balaban J connectivity index is 0.000000448. The molecule has 0 aliphatic carbocycles. The zero-order chi connectivity index (χ0) is 36.6. The van der Waals surface area contributed by atoms with Gasteiger partial charge in [0, 0.05) is 57.6 Å². The minimum absolute atomic E-state index is 0.0749. The summed E-state index contributed by atoms with van der Waals surface area (Å²) >= 11 is 0. The van der Waals surface area contributed by atoms with E-state index in [1.165, 1.54) is 17.5 Å². The molecule has 2 fully saturated rings. The molecule has 20 heteroatoms. The van der Waals surface area contributed by atoms with Crippen molar-refractivity contribution in [2.45, 2.75) is 63.0 Å². The van der Waals surface area contributed by atoms with Crippen molar-refractivity contribution < 1.29 is 78.7 Å². The van der Waals surface area contributed by atoms with Crippen LogP contribution in [0.1, 0.15) is 36.8 Å². The first-order valence-electron chi connectivity index (χ1n) is 13.8. The summed E-state index contributed by atoms with van der Waals surface area (Å²) in [5, 5.41) is 21.4. The van der Waals surface area contributed by atoms with Crippen LogP contribution < -0.4 is 0 Å². The molecule has 270 valence electrons. The van der Waals surface area contributed by atoms with Crippen LogP contribution in [0.4, 0.5) is 39.5 Å². The Hall–Kier alpha value is -4.04. The summed E-state index contributed by atoms with van der Waals surface area (Å²) in [5.41, 5.74) is 2.55. The first kappa shape index (κ1) is 42.0. The van der Waals surface area contributed by atoms with Gasteiger partial charge in [-0.2, -0.15) is 39.5 Å². The molecule has 48 heavy (non-hydrogen) atoms. The van der Waals surface area contributed by atoms with Gasteiger partial charge in [-0.25, -0.2) is 14.4 Å². The van der Waals surface area contributed by atoms with E-state index in [1.807, 2.05) is 43.0 Å². The molecule has 11 nitrogen and oxygen atoms in total. The molecule has 0 radical (unpaired) electrons. The zero-order valence-corrected chi connectivity index (χ0v) is 24.9. The minimum Gasteiger partial charge on any atom is -0.475 e. The fraction of sp³-hybridized carbons (Fsp3) is 0.536. The number of carbonyl (C=O) groups is 3. The van der Waals surface area contributed by atoms with E-state index in [4.69, 9.17) is 39.2 Å². The van der Waals surface area contributed by atoms with E-state index in [-0.39, 0.29) is 5.60 Å². The Morgan fingerprint density at radius 2 is 1.31 bits per heavy atom. The average molecular weight is 710 g/mol. The summed E-state index contributed by atoms with van der Waals surface area (Å²) in [6.45, 7) is 5.56. The van der Waals surface area contributed by atoms with E-state index >= 15 is 0 Å². The number of nitrogens with zero attached hydrogens (tertiary/aromatic N) is 3. The Bertz CT molecular complexity index is 1200. The third kappa shape index (κ3) is 16.2. The maximum atomic E-state index is 10.6. The Labute approximate surface area is 267 Å². The molecular weight excluding hydrogens is 677 g/mol. The van der Waals surface area contributed by atoms with E-state index in [0.717, 1.165) is 52.1 Å². The van der Waals surface area contributed by atoms with Gasteiger partial charge in [-0.3, -0.25) is 14.9 Å². The fourth-order valence-electron chi connectivity index (χ4n) is 4.48. The summed E-state index contributed by atoms with van der Waals surface area (Å²) < 4.78 is 107. The number of aromatic nitrogens is 2. The molecule has 2 aliphatic heterocycles. The highest BCUT2D eigenvalue weighted by atomic mass is 19.4. The molecule has 0 aromatic carbocycles. The summed E-state index contributed by atoms with van der Waals surface area (Å²) in [7, 11) is 0. The highest BCUT2D eigenvalue weighted by Crippen LogP contribution is 2.42. The van der Waals surface area contributed by atoms with Gasteiger partial charge in [-0.1, -0.05) is 6.07 Å². The number of ether oxygens (including phenoxy) is 2. The lowest BCUT2D eigenvalue weighted by molar-refractivity contribution is -0.193. The lowest BCUT2D eigenvalue weighted by atomic mass is 9.78. The van der Waals surface area contributed by atoms with Crippen molar-refractivity contribution in [3.63, 3.8) is 0 Å². The van der Waals surface area contributed by atoms with Crippen LogP contribution in [0.25, 0.3) is 0 Å². The Kier molecular flexibility index (Phi) is 16.7. The quantitative estimate of drug-likeness (QED) is 0.251. The van der Waals surface area contributed by atoms with Crippen molar-refractivity contribution in [3.8, 4) is 0 Å². The van der Waals surface area contributed by atoms with Gasteiger partial charge < -0.3 is 24.8 Å². The van der Waals surface area contributed by atoms with Crippen molar-refractivity contribution in [2.24, 2.45) is 5.92 Å². The predicted octanol–water partition coefficient (Wildman–Crippen LogP) is 5.35. The lowest BCUT2D eigenvalue weighted by Crippen LogP contribution is -2.47. The molecular formula is C28H32F9N3O8. The van der Waals surface area contributed by atoms with Crippen LogP contribution >= 0.6 is 0 Å². The average Bonchev–Trinajstić information content (AvgIpc) is 3.38. The fourth-order valence-corrected chi connectivity index (χ4v) is 4.48. The number of pyridine rings is 2. The predicted molar refractivity (Wildman–Crippen MR) is 145 cm³/mol. The molecule has 2 aliphatic rings. The van der Waals surface area contributed by atoms with E-state index in [2.05, 4.69) is 20.9 Å². The molecule has 0 saturated carbocycles. The SMILES string of the molecule is O=C(O)C(F)(F)F.O=C(O)C(F)(F)F.O=C(O)C(F)(F)F.c1cncc(CN2CCC3(CC2)OCCC3CCOCc2ccncc2)c1. The summed E-state index contributed by atoms with van der Waals surface area (Å²) in [6, 6.07) is 8.20. The van der Waals surface area contributed by atoms with Gasteiger partial charge in [-0.05, 0) is 60.9 Å². The molecule has 2 aromatic rings. The molecule has 1 atom stereocenters. The highest BCUT2D eigenvalue weighted by molar-refractivity contribution is 5.73. The monoisotopic (exact) mass is 709 g/mol. The number of piperidine rings is 1. The van der Waals surface area contributed by atoms with E-state index in [9.17, 15) is 39.5 Å². The maximum absolute atomic E-state index is 10.6. The van der Waals surface area contributed by atoms with Crippen molar-refractivity contribution in [1.82, 2.24) is 14.9 Å². The number of rotatable bonds is 7. The van der Waals surface area contributed by atoms with Gasteiger partial charge in [0.15, 0.2) is 0 Å². The van der Waals surface area contributed by atoms with Crippen molar-refractivity contribution in [3.05, 3.63) is 60.2 Å². The van der Waals surface area contributed by atoms with Crippen LogP contribution in [0, 0.1) is 5.92 Å². The number of hydrogen-bond donors (Lipinski definition) is 3. The largest absolute Gasteiger partial charge is 0.490 e. The van der Waals surface area contributed by atoms with Gasteiger partial charge in [-0.15, -0.1) is 0 Å². The third-order valence-corrected chi connectivity index (χ3v) is 6.79. The molecule has 1 unspecified atom stereocenters. The van der Waals surface area contributed by atoms with Crippen molar-refractivity contribution >= 4 is 17.9 Å². The number of likely N-dealkylation sites (tertiary alicyclic amines) is 1. The summed E-state index contributed by atoms with van der Waals surface area (Å²) in [6.07, 6.45) is -3.29. The number of carboxylic acids is 3. The zero-order valence-electron chi connectivity index (χ0n) is 24.9. The van der Waals surface area contributed by atoms with Crippen LogP contribution in [-0.4, -0.2) is 98.5 Å². The van der Waals surface area contributed by atoms with Gasteiger partial charge >= 0.3 is 36.4 Å². The smallest absolute Gasteiger partial charge is 0.475 e. The number of alkyl halides is 9. The maximum Gasteiger partial charge on any atom is 0.490 e. The van der Waals surface area contributed by atoms with Crippen molar-refractivity contribution in [1.29, 1.82) is 0 Å². The highest BCUT2D eigenvalue weighted by Gasteiger charge is 2.45. The van der Waals surface area contributed by atoms with Gasteiger partial charge in [0.25, 0.3) is 0 Å².